The fraction of sp³-hybridized carbons (Fsp3) is 0.312. The number of nitrogens with zero attached hydrogens (tertiary/aromatic N) is 6. The van der Waals surface area contributed by atoms with Crippen LogP contribution in [0.4, 0.5) is 0 Å². The highest BCUT2D eigenvalue weighted by atomic mass is 31.2. The molecular weight excluding hydrogens is 912 g/mol. The Morgan fingerprint density at radius 3 is 0.984 bits per heavy atom. The van der Waals surface area contributed by atoms with Crippen LogP contribution in [0.1, 0.15) is 79.4 Å². The Kier molecular flexibility index (Phi) is 16.2. The van der Waals surface area contributed by atoms with Crippen molar-refractivity contribution in [3.8, 4) is 23.0 Å². The number of aromatic nitrogens is 4. The smallest absolute Gasteiger partial charge is 0.469 e. The van der Waals surface area contributed by atoms with Gasteiger partial charge in [0, 0.05) is 81.7 Å². The van der Waals surface area contributed by atoms with Crippen LogP contribution < -0.4 is 0 Å². The lowest BCUT2D eigenvalue weighted by atomic mass is 9.88. The molecule has 2 atom stereocenters. The molecular formula is C32H40N6O20P4. The molecule has 12 N–H and O–H groups in total. The van der Waals surface area contributed by atoms with Gasteiger partial charge in [0.25, 0.3) is 0 Å². The van der Waals surface area contributed by atoms with Crippen LogP contribution in [0.25, 0.3) is 0 Å². The molecule has 4 aromatic heterocycles. The third-order valence-corrected chi connectivity index (χ3v) is 10.5. The van der Waals surface area contributed by atoms with Crippen molar-refractivity contribution in [2.45, 2.75) is 66.2 Å². The largest absolute Gasteiger partial charge is 0.506 e. The number of hydrogen-bond acceptors (Lipinski definition) is 18. The van der Waals surface area contributed by atoms with Gasteiger partial charge in [0.2, 0.25) is 0 Å². The lowest BCUT2D eigenvalue weighted by molar-refractivity contribution is 0.185. The summed E-state index contributed by atoms with van der Waals surface area (Å²) >= 11 is 0. The maximum absolute atomic E-state index is 11.9. The summed E-state index contributed by atoms with van der Waals surface area (Å²) < 4.78 is 65.8. The zero-order valence-corrected chi connectivity index (χ0v) is 36.1. The average molecular weight is 953 g/mol. The predicted molar refractivity (Wildman–Crippen MR) is 211 cm³/mol. The first-order valence-electron chi connectivity index (χ1n) is 17.1. The zero-order chi connectivity index (χ0) is 46.5. The summed E-state index contributed by atoms with van der Waals surface area (Å²) in [6, 6.07) is -3.76. The van der Waals surface area contributed by atoms with E-state index in [0.717, 1.165) is 37.2 Å². The number of phosphoric acid groups is 4. The lowest BCUT2D eigenvalue weighted by Crippen LogP contribution is -2.16. The minimum absolute atomic E-state index is 0.0382. The molecule has 0 aliphatic carbocycles. The topological polar surface area (TPSA) is 424 Å². The van der Waals surface area contributed by atoms with Crippen molar-refractivity contribution < 1.29 is 95.9 Å². The summed E-state index contributed by atoms with van der Waals surface area (Å²) in [5.41, 5.74) is -2.70. The number of phosphoric ester groups is 4. The molecule has 0 amide bonds. The predicted octanol–water partition coefficient (Wildman–Crippen LogP) is 2.78. The fourth-order valence-electron chi connectivity index (χ4n) is 5.57. The first-order valence-corrected chi connectivity index (χ1v) is 23.2. The van der Waals surface area contributed by atoms with Gasteiger partial charge in [-0.05, 0) is 27.7 Å². The van der Waals surface area contributed by atoms with Crippen molar-refractivity contribution in [3.05, 3.63) is 92.1 Å². The summed E-state index contributed by atoms with van der Waals surface area (Å²) in [4.78, 5) is 101. The van der Waals surface area contributed by atoms with Crippen molar-refractivity contribution in [2.75, 3.05) is 0 Å². The molecule has 0 fully saturated rings. The van der Waals surface area contributed by atoms with Crippen molar-refractivity contribution in [3.63, 3.8) is 0 Å². The maximum Gasteiger partial charge on any atom is 0.469 e. The van der Waals surface area contributed by atoms with Gasteiger partial charge in [-0.15, -0.1) is 0 Å². The van der Waals surface area contributed by atoms with Crippen LogP contribution in [0.2, 0.25) is 0 Å². The molecule has 26 nitrogen and oxygen atoms in total. The van der Waals surface area contributed by atoms with E-state index in [2.05, 4.69) is 39.0 Å². The molecule has 2 unspecified atom stereocenters. The van der Waals surface area contributed by atoms with Gasteiger partial charge < -0.3 is 59.6 Å². The Hall–Kier alpha value is -4.42. The maximum atomic E-state index is 11.9. The molecule has 0 aromatic carbocycles. The van der Waals surface area contributed by atoms with Crippen molar-refractivity contribution in [2.24, 2.45) is 9.98 Å². The van der Waals surface area contributed by atoms with E-state index in [9.17, 15) is 77.8 Å². The molecule has 0 spiro atoms. The SMILES string of the molecule is Cc1ncc(COP(=O)(O)O)c(C=NC(c2c(COP(=O)(O)O)cnc(C)c2O)C(N=Cc2c(COP(=O)(O)O)cnc(C)c2O)c2c(COP(=O)(O)O)cnc(C)c2O)c1O. The Labute approximate surface area is 350 Å². The van der Waals surface area contributed by atoms with Crippen LogP contribution in [0, 0.1) is 27.7 Å². The summed E-state index contributed by atoms with van der Waals surface area (Å²) in [5, 5.41) is 45.7. The summed E-state index contributed by atoms with van der Waals surface area (Å²) in [5.74, 6) is -2.67. The highest BCUT2D eigenvalue weighted by Crippen LogP contribution is 2.49. The van der Waals surface area contributed by atoms with Crippen LogP contribution in [-0.4, -0.2) is 91.9 Å². The number of hydrogen-bond donors (Lipinski definition) is 12. The van der Waals surface area contributed by atoms with E-state index in [1.54, 1.807) is 0 Å². The second kappa shape index (κ2) is 20.0. The number of aromatic hydroxyl groups is 4. The molecule has 0 aliphatic rings. The first kappa shape index (κ1) is 50.2. The summed E-state index contributed by atoms with van der Waals surface area (Å²) in [6.45, 7) is 1.59. The molecule has 4 rings (SSSR count). The molecule has 62 heavy (non-hydrogen) atoms. The van der Waals surface area contributed by atoms with Crippen LogP contribution >= 0.6 is 31.3 Å². The molecule has 338 valence electrons. The van der Waals surface area contributed by atoms with E-state index in [1.165, 1.54) is 27.7 Å². The highest BCUT2D eigenvalue weighted by molar-refractivity contribution is 7.47. The lowest BCUT2D eigenvalue weighted by Gasteiger charge is -2.28. The number of pyridine rings is 4. The Morgan fingerprint density at radius 1 is 0.468 bits per heavy atom. The molecule has 0 bridgehead atoms. The van der Waals surface area contributed by atoms with E-state index in [0.29, 0.717) is 0 Å². The van der Waals surface area contributed by atoms with Crippen LogP contribution in [0.5, 0.6) is 23.0 Å². The van der Waals surface area contributed by atoms with Crippen LogP contribution in [0.3, 0.4) is 0 Å². The molecule has 0 aliphatic heterocycles. The molecule has 4 aromatic rings. The minimum Gasteiger partial charge on any atom is -0.506 e. The summed E-state index contributed by atoms with van der Waals surface area (Å²) in [6.07, 6.45) is 6.03. The van der Waals surface area contributed by atoms with Gasteiger partial charge in [-0.25, -0.2) is 18.3 Å². The number of rotatable bonds is 19. The quantitative estimate of drug-likeness (QED) is 0.0475. The van der Waals surface area contributed by atoms with E-state index in [-0.39, 0.29) is 56.2 Å². The Balaban J connectivity index is 2.20. The van der Waals surface area contributed by atoms with Gasteiger partial charge in [-0.1, -0.05) is 0 Å². The minimum atomic E-state index is -5.26. The monoisotopic (exact) mass is 952 g/mol. The number of aliphatic imine (C=N–C) groups is 2. The number of aryl methyl sites for hydroxylation is 4. The summed E-state index contributed by atoms with van der Waals surface area (Å²) in [7, 11) is -20.8. The van der Waals surface area contributed by atoms with E-state index in [4.69, 9.17) is 9.05 Å². The molecule has 0 saturated heterocycles. The zero-order valence-electron chi connectivity index (χ0n) is 32.6. The standard InChI is InChI=1S/C32H40N6O20P4/c1-15-29(39)23(19(5-33-15)11-55-59(43,44)45)9-37-27(25-21(13-57-61(49,50)51)7-35-17(3)31(25)41)28(26-22(14-58-62(52,53)54)8-36-18(4)32(26)42)38-10-24-20(12-56-60(46,47)48)6-34-16(2)30(24)40/h5-10,27-28,39-42H,11-14H2,1-4H3,(H2,43,44,45)(H2,46,47,48)(H2,49,50,51)(H2,52,53,54). The Morgan fingerprint density at radius 2 is 0.710 bits per heavy atom. The molecule has 0 saturated carbocycles. The van der Waals surface area contributed by atoms with E-state index < -0.39 is 104 Å². The van der Waals surface area contributed by atoms with Gasteiger partial charge in [0.05, 0.1) is 49.2 Å². The van der Waals surface area contributed by atoms with Gasteiger partial charge >= 0.3 is 31.3 Å². The van der Waals surface area contributed by atoms with Gasteiger partial charge in [0.15, 0.2) is 0 Å². The normalized spacial score (nSPS) is 13.9. The highest BCUT2D eigenvalue weighted by Gasteiger charge is 2.35. The van der Waals surface area contributed by atoms with Crippen molar-refractivity contribution in [1.82, 2.24) is 19.9 Å². The first-order chi connectivity index (χ1) is 28.6. The van der Waals surface area contributed by atoms with Gasteiger partial charge in [-0.2, -0.15) is 0 Å². The second-order valence-corrected chi connectivity index (χ2v) is 18.0. The van der Waals surface area contributed by atoms with Crippen LogP contribution in [0.15, 0.2) is 34.8 Å². The van der Waals surface area contributed by atoms with Gasteiger partial charge in [-0.3, -0.25) is 48.0 Å². The molecule has 0 radical (unpaired) electrons. The van der Waals surface area contributed by atoms with Crippen molar-refractivity contribution >= 4 is 43.7 Å². The average Bonchev–Trinajstić information content (AvgIpc) is 3.15. The second-order valence-electron chi connectivity index (χ2n) is 13.0. The third kappa shape index (κ3) is 13.8. The Bertz CT molecular complexity index is 2400. The van der Waals surface area contributed by atoms with Gasteiger partial charge in [0.1, 0.15) is 35.1 Å². The van der Waals surface area contributed by atoms with Crippen LogP contribution in [-0.2, 0) is 62.8 Å². The van der Waals surface area contributed by atoms with E-state index in [1.807, 2.05) is 0 Å². The third-order valence-electron chi connectivity index (χ3n) is 8.60. The molecule has 4 heterocycles. The fourth-order valence-corrected chi connectivity index (χ4v) is 6.80. The van der Waals surface area contributed by atoms with E-state index >= 15 is 0 Å². The van der Waals surface area contributed by atoms with Crippen molar-refractivity contribution in [1.29, 1.82) is 0 Å². The molecule has 30 heteroatoms.